The molecule has 0 aliphatic carbocycles. The average Bonchev–Trinajstić information content (AvgIpc) is 3.10. The van der Waals surface area contributed by atoms with Gasteiger partial charge in [-0.1, -0.05) is 0 Å². The molecule has 3 rings (SSSR count). The highest BCUT2D eigenvalue weighted by atomic mass is 32.2. The Bertz CT molecular complexity index is 735. The molecular weight excluding hydrogens is 336 g/mol. The maximum atomic E-state index is 13.0. The van der Waals surface area contributed by atoms with Crippen molar-refractivity contribution in [3.05, 3.63) is 18.2 Å². The summed E-state index contributed by atoms with van der Waals surface area (Å²) in [6.07, 6.45) is 1.09. The van der Waals surface area contributed by atoms with Gasteiger partial charge in [0, 0.05) is 19.7 Å². The molecule has 0 spiro atoms. The number of ether oxygens (including phenoxy) is 2. The van der Waals surface area contributed by atoms with E-state index in [1.165, 1.54) is 30.6 Å². The number of benzene rings is 1. The van der Waals surface area contributed by atoms with Crippen LogP contribution in [0.2, 0.25) is 0 Å². The minimum absolute atomic E-state index is 0.0894. The third kappa shape index (κ3) is 2.94. The molecule has 0 radical (unpaired) electrons. The van der Waals surface area contributed by atoms with E-state index in [-0.39, 0.29) is 10.8 Å². The standard InChI is InChI=1S/C15H20N2O6S/c1-16(21-2)15(18)12-4-3-7-17(12)24(19,20)11-5-6-13-14(10-11)23-9-8-22-13/h5-6,10,12H,3-4,7-9H2,1-2H3/t12-/m1/s1. The molecule has 9 heteroatoms. The third-order valence-electron chi connectivity index (χ3n) is 4.19. The first-order valence-corrected chi connectivity index (χ1v) is 9.12. The minimum Gasteiger partial charge on any atom is -0.486 e. The van der Waals surface area contributed by atoms with Crippen molar-refractivity contribution in [2.45, 2.75) is 23.8 Å². The van der Waals surface area contributed by atoms with Gasteiger partial charge in [-0.15, -0.1) is 0 Å². The molecule has 1 saturated heterocycles. The Morgan fingerprint density at radius 1 is 1.29 bits per heavy atom. The molecule has 0 bridgehead atoms. The molecule has 8 nitrogen and oxygen atoms in total. The zero-order valence-electron chi connectivity index (χ0n) is 13.6. The van der Waals surface area contributed by atoms with Crippen molar-refractivity contribution in [1.82, 2.24) is 9.37 Å². The molecule has 1 atom stereocenters. The van der Waals surface area contributed by atoms with Gasteiger partial charge >= 0.3 is 0 Å². The lowest BCUT2D eigenvalue weighted by Crippen LogP contribution is -2.46. The van der Waals surface area contributed by atoms with Crippen LogP contribution in [-0.2, 0) is 19.7 Å². The number of fused-ring (bicyclic) bond motifs is 1. The largest absolute Gasteiger partial charge is 0.486 e. The number of hydrogen-bond acceptors (Lipinski definition) is 6. The van der Waals surface area contributed by atoms with Crippen molar-refractivity contribution in [3.63, 3.8) is 0 Å². The lowest BCUT2D eigenvalue weighted by molar-refractivity contribution is -0.172. The molecule has 0 N–H and O–H groups in total. The van der Waals surface area contributed by atoms with E-state index < -0.39 is 16.1 Å². The first kappa shape index (κ1) is 17.0. The average molecular weight is 356 g/mol. The topological polar surface area (TPSA) is 85.4 Å². The van der Waals surface area contributed by atoms with Crippen molar-refractivity contribution in [2.24, 2.45) is 0 Å². The van der Waals surface area contributed by atoms with Crippen LogP contribution < -0.4 is 9.47 Å². The fourth-order valence-electron chi connectivity index (χ4n) is 2.89. The summed E-state index contributed by atoms with van der Waals surface area (Å²) >= 11 is 0. The Hall–Kier alpha value is -1.84. The van der Waals surface area contributed by atoms with Crippen LogP contribution >= 0.6 is 0 Å². The molecule has 1 aromatic rings. The summed E-state index contributed by atoms with van der Waals surface area (Å²) in [5.41, 5.74) is 0. The second-order valence-corrected chi connectivity index (χ2v) is 7.49. The van der Waals surface area contributed by atoms with Gasteiger partial charge in [0.05, 0.1) is 12.0 Å². The van der Waals surface area contributed by atoms with Crippen LogP contribution in [0.3, 0.4) is 0 Å². The summed E-state index contributed by atoms with van der Waals surface area (Å²) in [7, 11) is -0.978. The van der Waals surface area contributed by atoms with Gasteiger partial charge in [-0.05, 0) is 25.0 Å². The molecule has 0 unspecified atom stereocenters. The van der Waals surface area contributed by atoms with Gasteiger partial charge in [0.15, 0.2) is 11.5 Å². The number of amides is 1. The normalized spacial score (nSPS) is 20.8. The number of rotatable bonds is 4. The van der Waals surface area contributed by atoms with Crippen molar-refractivity contribution in [1.29, 1.82) is 0 Å². The maximum absolute atomic E-state index is 13.0. The lowest BCUT2D eigenvalue weighted by Gasteiger charge is -2.26. The Morgan fingerprint density at radius 3 is 2.71 bits per heavy atom. The van der Waals surface area contributed by atoms with Gasteiger partial charge in [-0.2, -0.15) is 4.31 Å². The quantitative estimate of drug-likeness (QED) is 0.736. The smallest absolute Gasteiger partial charge is 0.264 e. The van der Waals surface area contributed by atoms with Gasteiger partial charge in [0.2, 0.25) is 10.0 Å². The minimum atomic E-state index is -3.81. The number of nitrogens with zero attached hydrogens (tertiary/aromatic N) is 2. The molecule has 0 aromatic heterocycles. The number of hydrogen-bond donors (Lipinski definition) is 0. The van der Waals surface area contributed by atoms with Gasteiger partial charge < -0.3 is 9.47 Å². The van der Waals surface area contributed by atoms with Crippen LogP contribution in [0.25, 0.3) is 0 Å². The third-order valence-corrected chi connectivity index (χ3v) is 6.10. The molecule has 24 heavy (non-hydrogen) atoms. The van der Waals surface area contributed by atoms with Crippen molar-refractivity contribution in [3.8, 4) is 11.5 Å². The van der Waals surface area contributed by atoms with Gasteiger partial charge in [-0.25, -0.2) is 13.5 Å². The van der Waals surface area contributed by atoms with E-state index >= 15 is 0 Å². The summed E-state index contributed by atoms with van der Waals surface area (Å²) in [5, 5.41) is 1.06. The fraction of sp³-hybridized carbons (Fsp3) is 0.533. The SMILES string of the molecule is CON(C)C(=O)[C@H]1CCCN1S(=O)(=O)c1ccc2c(c1)OCCO2. The molecule has 2 aliphatic rings. The second kappa shape index (κ2) is 6.58. The van der Waals surface area contributed by atoms with E-state index in [0.717, 1.165) is 5.06 Å². The molecule has 2 heterocycles. The van der Waals surface area contributed by atoms with E-state index in [2.05, 4.69) is 0 Å². The van der Waals surface area contributed by atoms with Crippen LogP contribution in [0.4, 0.5) is 0 Å². The molecule has 132 valence electrons. The highest BCUT2D eigenvalue weighted by Gasteiger charge is 2.41. The lowest BCUT2D eigenvalue weighted by atomic mass is 10.2. The van der Waals surface area contributed by atoms with Gasteiger partial charge in [-0.3, -0.25) is 9.63 Å². The fourth-order valence-corrected chi connectivity index (χ4v) is 4.56. The molecular formula is C15H20N2O6S. The highest BCUT2D eigenvalue weighted by Crippen LogP contribution is 2.35. The Labute approximate surface area is 140 Å². The van der Waals surface area contributed by atoms with Crippen molar-refractivity contribution >= 4 is 15.9 Å². The van der Waals surface area contributed by atoms with E-state index in [9.17, 15) is 13.2 Å². The number of hydroxylamine groups is 2. The Kier molecular flexibility index (Phi) is 4.66. The molecule has 1 aromatic carbocycles. The van der Waals surface area contributed by atoms with E-state index in [1.807, 2.05) is 0 Å². The van der Waals surface area contributed by atoms with Gasteiger partial charge in [0.1, 0.15) is 19.3 Å². The molecule has 1 amide bonds. The van der Waals surface area contributed by atoms with Gasteiger partial charge in [0.25, 0.3) is 5.91 Å². The zero-order valence-corrected chi connectivity index (χ0v) is 14.4. The van der Waals surface area contributed by atoms with E-state index in [0.29, 0.717) is 44.1 Å². The molecule has 0 saturated carbocycles. The van der Waals surface area contributed by atoms with Crippen LogP contribution in [0, 0.1) is 0 Å². The van der Waals surface area contributed by atoms with Crippen LogP contribution in [0.5, 0.6) is 11.5 Å². The first-order chi connectivity index (χ1) is 11.4. The summed E-state index contributed by atoms with van der Waals surface area (Å²) in [5.74, 6) is 0.544. The number of carbonyl (C=O) groups is 1. The summed E-state index contributed by atoms with van der Waals surface area (Å²) in [4.78, 5) is 17.3. The Morgan fingerprint density at radius 2 is 2.00 bits per heavy atom. The van der Waals surface area contributed by atoms with Crippen LogP contribution in [0.1, 0.15) is 12.8 Å². The number of likely N-dealkylation sites (N-methyl/N-ethyl adjacent to an activating group) is 1. The zero-order chi connectivity index (χ0) is 17.3. The van der Waals surface area contributed by atoms with Crippen LogP contribution in [0.15, 0.2) is 23.1 Å². The second-order valence-electron chi connectivity index (χ2n) is 5.60. The number of carbonyl (C=O) groups excluding carboxylic acids is 1. The predicted molar refractivity (Wildman–Crippen MR) is 84.1 cm³/mol. The monoisotopic (exact) mass is 356 g/mol. The summed E-state index contributed by atoms with van der Waals surface area (Å²) in [6.45, 7) is 1.11. The highest BCUT2D eigenvalue weighted by molar-refractivity contribution is 7.89. The van der Waals surface area contributed by atoms with E-state index in [1.54, 1.807) is 6.07 Å². The molecule has 1 fully saturated rings. The Balaban J connectivity index is 1.90. The van der Waals surface area contributed by atoms with Crippen molar-refractivity contribution < 1.29 is 27.5 Å². The molecule has 2 aliphatic heterocycles. The van der Waals surface area contributed by atoms with E-state index in [4.69, 9.17) is 14.3 Å². The number of sulfonamides is 1. The van der Waals surface area contributed by atoms with Crippen molar-refractivity contribution in [2.75, 3.05) is 33.9 Å². The first-order valence-electron chi connectivity index (χ1n) is 7.68. The summed E-state index contributed by atoms with van der Waals surface area (Å²) in [6, 6.07) is 3.75. The predicted octanol–water partition coefficient (Wildman–Crippen LogP) is 0.631. The van der Waals surface area contributed by atoms with Crippen LogP contribution in [-0.4, -0.2) is 63.7 Å². The maximum Gasteiger partial charge on any atom is 0.264 e. The summed E-state index contributed by atoms with van der Waals surface area (Å²) < 4.78 is 38.0.